The zero-order valence-corrected chi connectivity index (χ0v) is 22.1. The number of benzene rings is 5. The SMILES string of the molecule is Clc1cc(Cl)c2oc3cccc(-c4cccc(C5=NC(c6ccccc6)=NC(c6ccccc6)[N-]5)c4)c3c2c1. The molecule has 6 heteroatoms. The van der Waals surface area contributed by atoms with Gasteiger partial charge in [0.25, 0.3) is 0 Å². The van der Waals surface area contributed by atoms with E-state index >= 15 is 0 Å². The van der Waals surface area contributed by atoms with Crippen molar-refractivity contribution in [3.8, 4) is 11.1 Å². The minimum atomic E-state index is -0.386. The molecule has 1 aliphatic rings. The van der Waals surface area contributed by atoms with E-state index in [1.54, 1.807) is 6.07 Å². The van der Waals surface area contributed by atoms with E-state index < -0.39 is 0 Å². The van der Waals surface area contributed by atoms with Crippen molar-refractivity contribution in [3.63, 3.8) is 0 Å². The third-order valence-corrected chi connectivity index (χ3v) is 7.28. The molecule has 0 saturated heterocycles. The summed E-state index contributed by atoms with van der Waals surface area (Å²) in [5.41, 5.74) is 6.26. The summed E-state index contributed by atoms with van der Waals surface area (Å²) in [5.74, 6) is 1.29. The van der Waals surface area contributed by atoms with Crippen molar-refractivity contribution in [3.05, 3.63) is 147 Å². The quantitative estimate of drug-likeness (QED) is 0.218. The maximum Gasteiger partial charge on any atom is 0.154 e. The van der Waals surface area contributed by atoms with Crippen LogP contribution in [0.1, 0.15) is 22.9 Å². The number of hydrogen-bond donors (Lipinski definition) is 0. The van der Waals surface area contributed by atoms with Gasteiger partial charge in [-0.15, -0.1) is 0 Å². The lowest BCUT2D eigenvalue weighted by atomic mass is 9.97. The number of fused-ring (bicyclic) bond motifs is 3. The van der Waals surface area contributed by atoms with Gasteiger partial charge >= 0.3 is 0 Å². The van der Waals surface area contributed by atoms with Crippen molar-refractivity contribution in [2.24, 2.45) is 9.98 Å². The summed E-state index contributed by atoms with van der Waals surface area (Å²) in [6, 6.07) is 37.9. The lowest BCUT2D eigenvalue weighted by Gasteiger charge is -2.32. The van der Waals surface area contributed by atoms with E-state index in [-0.39, 0.29) is 6.17 Å². The first-order valence-electron chi connectivity index (χ1n) is 12.5. The lowest BCUT2D eigenvalue weighted by molar-refractivity contribution is 0.669. The molecule has 0 saturated carbocycles. The molecule has 2 heterocycles. The molecule has 6 aromatic rings. The van der Waals surface area contributed by atoms with E-state index in [9.17, 15) is 0 Å². The highest BCUT2D eigenvalue weighted by molar-refractivity contribution is 6.39. The van der Waals surface area contributed by atoms with Gasteiger partial charge in [0.15, 0.2) is 5.58 Å². The standard InChI is InChI=1S/C33H20Cl2N3O/c34-24-18-26-29-25(15-8-16-28(29)39-30(26)27(35)19-24)22-13-7-14-23(17-22)33-37-31(20-9-3-1-4-10-20)36-32(38-33)21-11-5-2-6-12-21/h1-19,31H/q-1. The maximum absolute atomic E-state index is 6.47. The molecule has 0 amide bonds. The summed E-state index contributed by atoms with van der Waals surface area (Å²) in [6.07, 6.45) is -0.386. The predicted octanol–water partition coefficient (Wildman–Crippen LogP) is 9.84. The Morgan fingerprint density at radius 3 is 2.23 bits per heavy atom. The van der Waals surface area contributed by atoms with Crippen LogP contribution in [0.5, 0.6) is 0 Å². The van der Waals surface area contributed by atoms with E-state index in [1.807, 2.05) is 91.0 Å². The second-order valence-electron chi connectivity index (χ2n) is 9.29. The first kappa shape index (κ1) is 23.7. The fraction of sp³-hybridized carbons (Fsp3) is 0.0303. The van der Waals surface area contributed by atoms with Crippen molar-refractivity contribution in [2.45, 2.75) is 6.17 Å². The van der Waals surface area contributed by atoms with Crippen LogP contribution >= 0.6 is 23.2 Å². The van der Waals surface area contributed by atoms with Gasteiger partial charge < -0.3 is 14.7 Å². The van der Waals surface area contributed by atoms with Gasteiger partial charge in [-0.3, -0.25) is 4.99 Å². The van der Waals surface area contributed by atoms with Gasteiger partial charge in [0.2, 0.25) is 0 Å². The van der Waals surface area contributed by atoms with Gasteiger partial charge in [0, 0.05) is 15.8 Å². The van der Waals surface area contributed by atoms with E-state index in [1.165, 1.54) is 0 Å². The van der Waals surface area contributed by atoms with Gasteiger partial charge in [-0.1, -0.05) is 120 Å². The summed E-state index contributed by atoms with van der Waals surface area (Å²) in [5, 5.41) is 7.86. The third-order valence-electron chi connectivity index (χ3n) is 6.78. The van der Waals surface area contributed by atoms with Gasteiger partial charge in [-0.2, -0.15) is 0 Å². The van der Waals surface area contributed by atoms with Crippen LogP contribution in [-0.4, -0.2) is 11.7 Å². The van der Waals surface area contributed by atoms with Crippen LogP contribution in [-0.2, 0) is 0 Å². The van der Waals surface area contributed by atoms with Gasteiger partial charge in [0.1, 0.15) is 5.58 Å². The van der Waals surface area contributed by atoms with Crippen LogP contribution in [0, 0.1) is 0 Å². The summed E-state index contributed by atoms with van der Waals surface area (Å²) >= 11 is 12.8. The Morgan fingerprint density at radius 2 is 1.41 bits per heavy atom. The Bertz CT molecular complexity index is 1910. The highest BCUT2D eigenvalue weighted by atomic mass is 35.5. The smallest absolute Gasteiger partial charge is 0.154 e. The molecular formula is C33H20Cl2N3O-. The number of furan rings is 1. The van der Waals surface area contributed by atoms with E-state index in [2.05, 4.69) is 18.2 Å². The molecular weight excluding hydrogens is 525 g/mol. The Labute approximate surface area is 235 Å². The number of nitrogens with zero attached hydrogens (tertiary/aromatic N) is 3. The molecule has 0 aliphatic carbocycles. The minimum Gasteiger partial charge on any atom is -0.454 e. The molecule has 0 spiro atoms. The van der Waals surface area contributed by atoms with Crippen LogP contribution in [0.25, 0.3) is 38.4 Å². The van der Waals surface area contributed by atoms with Crippen LogP contribution < -0.4 is 0 Å². The van der Waals surface area contributed by atoms with Crippen molar-refractivity contribution in [1.82, 2.24) is 0 Å². The Kier molecular flexibility index (Phi) is 5.92. The first-order chi connectivity index (χ1) is 19.1. The van der Waals surface area contributed by atoms with Crippen LogP contribution in [0.3, 0.4) is 0 Å². The summed E-state index contributed by atoms with van der Waals surface area (Å²) in [6.45, 7) is 0. The molecule has 0 bridgehead atoms. The normalized spacial score (nSPS) is 15.2. The number of aliphatic imine (C=N–C) groups is 2. The molecule has 1 atom stereocenters. The number of rotatable bonds is 4. The number of hydrogen-bond acceptors (Lipinski definition) is 3. The van der Waals surface area contributed by atoms with Crippen molar-refractivity contribution >= 4 is 56.8 Å². The third kappa shape index (κ3) is 4.38. The number of amidine groups is 2. The van der Waals surface area contributed by atoms with Gasteiger partial charge in [0.05, 0.1) is 17.0 Å². The highest BCUT2D eigenvalue weighted by Gasteiger charge is 2.17. The van der Waals surface area contributed by atoms with Crippen molar-refractivity contribution in [2.75, 3.05) is 0 Å². The van der Waals surface area contributed by atoms with Crippen LogP contribution in [0.4, 0.5) is 0 Å². The minimum absolute atomic E-state index is 0.386. The molecule has 0 radical (unpaired) electrons. The van der Waals surface area contributed by atoms with E-state index in [4.69, 9.17) is 42.9 Å². The van der Waals surface area contributed by atoms with E-state index in [0.717, 1.165) is 44.2 Å². The van der Waals surface area contributed by atoms with Crippen molar-refractivity contribution in [1.29, 1.82) is 0 Å². The molecule has 5 aromatic carbocycles. The largest absolute Gasteiger partial charge is 0.454 e. The molecule has 0 N–H and O–H groups in total. The molecule has 1 aromatic heterocycles. The first-order valence-corrected chi connectivity index (χ1v) is 13.3. The molecule has 1 aliphatic heterocycles. The second kappa shape index (κ2) is 9.73. The zero-order valence-electron chi connectivity index (χ0n) is 20.6. The number of halogens is 2. The Hall–Kier alpha value is -4.38. The monoisotopic (exact) mass is 544 g/mol. The predicted molar refractivity (Wildman–Crippen MR) is 161 cm³/mol. The van der Waals surface area contributed by atoms with Crippen LogP contribution in [0.15, 0.2) is 130 Å². The molecule has 1 unspecified atom stereocenters. The summed E-state index contributed by atoms with van der Waals surface area (Å²) < 4.78 is 6.12. The average Bonchev–Trinajstić information content (AvgIpc) is 3.37. The van der Waals surface area contributed by atoms with Crippen molar-refractivity contribution < 1.29 is 4.42 Å². The average molecular weight is 545 g/mol. The molecule has 39 heavy (non-hydrogen) atoms. The van der Waals surface area contributed by atoms with Gasteiger partial charge in [-0.25, -0.2) is 0 Å². The highest BCUT2D eigenvalue weighted by Crippen LogP contribution is 2.41. The lowest BCUT2D eigenvalue weighted by Crippen LogP contribution is -2.15. The molecule has 188 valence electrons. The molecule has 7 rings (SSSR count). The fourth-order valence-electron chi connectivity index (χ4n) is 4.98. The van der Waals surface area contributed by atoms with E-state index in [0.29, 0.717) is 27.3 Å². The maximum atomic E-state index is 6.47. The molecule has 4 nitrogen and oxygen atoms in total. The van der Waals surface area contributed by atoms with Gasteiger partial charge in [-0.05, 0) is 52.1 Å². The topological polar surface area (TPSA) is 52.0 Å². The second-order valence-corrected chi connectivity index (χ2v) is 10.1. The van der Waals surface area contributed by atoms with Crippen LogP contribution in [0.2, 0.25) is 10.0 Å². The molecule has 0 fully saturated rings. The fourth-order valence-corrected chi connectivity index (χ4v) is 5.51. The zero-order chi connectivity index (χ0) is 26.3. The summed E-state index contributed by atoms with van der Waals surface area (Å²) in [4.78, 5) is 9.79. The summed E-state index contributed by atoms with van der Waals surface area (Å²) in [7, 11) is 0. The Morgan fingerprint density at radius 1 is 0.692 bits per heavy atom. The Balaban J connectivity index is 1.36.